The summed E-state index contributed by atoms with van der Waals surface area (Å²) in [7, 11) is 0. The molecule has 2 unspecified atom stereocenters. The van der Waals surface area contributed by atoms with Gasteiger partial charge in [0.05, 0.1) is 6.54 Å². The standard InChI is InChI=1S/C16H34N4/c1-4-5-6-7-10-18-16(17)19-12-15(3)20-11-8-9-14(2)13-20/h14-15H,4-13H2,1-3H3,(H3,17,18,19). The maximum Gasteiger partial charge on any atom is 0.188 e. The zero-order valence-corrected chi connectivity index (χ0v) is 13.7. The van der Waals surface area contributed by atoms with Crippen molar-refractivity contribution < 1.29 is 0 Å². The Bertz CT molecular complexity index is 278. The van der Waals surface area contributed by atoms with Gasteiger partial charge in [0.25, 0.3) is 0 Å². The first-order chi connectivity index (χ1) is 9.63. The first kappa shape index (κ1) is 17.3. The molecule has 4 nitrogen and oxygen atoms in total. The predicted octanol–water partition coefficient (Wildman–Crippen LogP) is 2.59. The van der Waals surface area contributed by atoms with Crippen LogP contribution in [0.4, 0.5) is 0 Å². The Hall–Kier alpha value is -0.770. The highest BCUT2D eigenvalue weighted by atomic mass is 15.2. The van der Waals surface area contributed by atoms with Crippen LogP contribution in [0.25, 0.3) is 0 Å². The molecule has 3 N–H and O–H groups in total. The van der Waals surface area contributed by atoms with E-state index in [1.165, 1.54) is 51.6 Å². The van der Waals surface area contributed by atoms with Gasteiger partial charge >= 0.3 is 0 Å². The fraction of sp³-hybridized carbons (Fsp3) is 0.938. The fourth-order valence-corrected chi connectivity index (χ4v) is 2.80. The molecule has 1 rings (SSSR count). The maximum absolute atomic E-state index is 5.91. The molecule has 0 bridgehead atoms. The number of aliphatic imine (C=N–C) groups is 1. The molecule has 20 heavy (non-hydrogen) atoms. The summed E-state index contributed by atoms with van der Waals surface area (Å²) in [5.41, 5.74) is 5.91. The van der Waals surface area contributed by atoms with Crippen molar-refractivity contribution in [2.45, 2.75) is 65.3 Å². The molecule has 1 fully saturated rings. The Labute approximate surface area is 125 Å². The Morgan fingerprint density at radius 2 is 2.20 bits per heavy atom. The lowest BCUT2D eigenvalue weighted by Crippen LogP contribution is -2.43. The van der Waals surface area contributed by atoms with Crippen LogP contribution in [0.1, 0.15) is 59.3 Å². The highest BCUT2D eigenvalue weighted by Gasteiger charge is 2.20. The van der Waals surface area contributed by atoms with Gasteiger partial charge in [0.1, 0.15) is 0 Å². The smallest absolute Gasteiger partial charge is 0.188 e. The first-order valence-corrected chi connectivity index (χ1v) is 8.41. The molecule has 0 spiro atoms. The van der Waals surface area contributed by atoms with Crippen LogP contribution in [0.5, 0.6) is 0 Å². The van der Waals surface area contributed by atoms with Gasteiger partial charge in [-0.3, -0.25) is 9.89 Å². The van der Waals surface area contributed by atoms with E-state index in [4.69, 9.17) is 5.73 Å². The van der Waals surface area contributed by atoms with Crippen LogP contribution in [0, 0.1) is 5.92 Å². The average Bonchev–Trinajstić information content (AvgIpc) is 2.44. The van der Waals surface area contributed by atoms with Crippen LogP contribution in [-0.2, 0) is 0 Å². The first-order valence-electron chi connectivity index (χ1n) is 8.41. The number of unbranched alkanes of at least 4 members (excludes halogenated alkanes) is 3. The topological polar surface area (TPSA) is 53.6 Å². The summed E-state index contributed by atoms with van der Waals surface area (Å²) < 4.78 is 0. The Morgan fingerprint density at radius 1 is 1.40 bits per heavy atom. The van der Waals surface area contributed by atoms with E-state index in [1.54, 1.807) is 0 Å². The summed E-state index contributed by atoms with van der Waals surface area (Å²) in [4.78, 5) is 7.03. The predicted molar refractivity (Wildman–Crippen MR) is 88.1 cm³/mol. The van der Waals surface area contributed by atoms with Gasteiger partial charge in [-0.2, -0.15) is 0 Å². The van der Waals surface area contributed by atoms with Crippen LogP contribution >= 0.6 is 0 Å². The van der Waals surface area contributed by atoms with E-state index in [-0.39, 0.29) is 0 Å². The van der Waals surface area contributed by atoms with Gasteiger partial charge in [-0.1, -0.05) is 33.1 Å². The molecule has 1 saturated heterocycles. The number of likely N-dealkylation sites (tertiary alicyclic amines) is 1. The molecule has 0 amide bonds. The summed E-state index contributed by atoms with van der Waals surface area (Å²) in [5.74, 6) is 1.43. The van der Waals surface area contributed by atoms with Gasteiger partial charge in [0.2, 0.25) is 0 Å². The van der Waals surface area contributed by atoms with E-state index in [0.717, 1.165) is 19.0 Å². The SMILES string of the molecule is CCCCCCNC(N)=NCC(C)N1CCCC(C)C1. The summed E-state index contributed by atoms with van der Waals surface area (Å²) in [6, 6.07) is 0.498. The van der Waals surface area contributed by atoms with E-state index < -0.39 is 0 Å². The average molecular weight is 282 g/mol. The van der Waals surface area contributed by atoms with Crippen LogP contribution in [-0.4, -0.2) is 43.1 Å². The lowest BCUT2D eigenvalue weighted by Gasteiger charge is -2.34. The number of guanidine groups is 1. The number of hydrogen-bond donors (Lipinski definition) is 2. The second kappa shape index (κ2) is 10.0. The zero-order chi connectivity index (χ0) is 14.8. The fourth-order valence-electron chi connectivity index (χ4n) is 2.80. The van der Waals surface area contributed by atoms with Crippen LogP contribution in [0.15, 0.2) is 4.99 Å². The van der Waals surface area contributed by atoms with E-state index in [2.05, 4.69) is 36.0 Å². The second-order valence-electron chi connectivity index (χ2n) is 6.30. The summed E-state index contributed by atoms with van der Waals surface area (Å²) in [6.07, 6.45) is 7.73. The third-order valence-electron chi connectivity index (χ3n) is 4.17. The number of piperidine rings is 1. The van der Waals surface area contributed by atoms with Crippen LogP contribution in [0.3, 0.4) is 0 Å². The number of nitrogens with zero attached hydrogens (tertiary/aromatic N) is 2. The molecule has 0 aromatic heterocycles. The van der Waals surface area contributed by atoms with E-state index in [9.17, 15) is 0 Å². The molecule has 0 aliphatic carbocycles. The van der Waals surface area contributed by atoms with Crippen LogP contribution in [0.2, 0.25) is 0 Å². The monoisotopic (exact) mass is 282 g/mol. The largest absolute Gasteiger partial charge is 0.370 e. The van der Waals surface area contributed by atoms with Gasteiger partial charge in [0.15, 0.2) is 5.96 Å². The van der Waals surface area contributed by atoms with Crippen molar-refractivity contribution in [1.82, 2.24) is 10.2 Å². The summed E-state index contributed by atoms with van der Waals surface area (Å²) in [6.45, 7) is 11.0. The minimum absolute atomic E-state index is 0.498. The lowest BCUT2D eigenvalue weighted by molar-refractivity contribution is 0.142. The normalized spacial score (nSPS) is 22.8. The Kier molecular flexibility index (Phi) is 8.67. The minimum Gasteiger partial charge on any atom is -0.370 e. The molecule has 118 valence electrons. The van der Waals surface area contributed by atoms with Gasteiger partial charge in [-0.15, -0.1) is 0 Å². The number of rotatable bonds is 8. The van der Waals surface area contributed by atoms with Crippen molar-refractivity contribution >= 4 is 5.96 Å². The highest BCUT2D eigenvalue weighted by molar-refractivity contribution is 5.77. The molecule has 1 heterocycles. The lowest BCUT2D eigenvalue weighted by atomic mass is 9.99. The van der Waals surface area contributed by atoms with Crippen molar-refractivity contribution in [3.8, 4) is 0 Å². The molecule has 1 aliphatic rings. The third-order valence-corrected chi connectivity index (χ3v) is 4.17. The molecule has 0 saturated carbocycles. The van der Waals surface area contributed by atoms with Crippen LogP contribution < -0.4 is 11.1 Å². The van der Waals surface area contributed by atoms with Crippen molar-refractivity contribution in [3.63, 3.8) is 0 Å². The number of hydrogen-bond acceptors (Lipinski definition) is 2. The molecule has 0 aromatic carbocycles. The minimum atomic E-state index is 0.498. The maximum atomic E-state index is 5.91. The molecule has 0 radical (unpaired) electrons. The summed E-state index contributed by atoms with van der Waals surface area (Å²) in [5, 5.41) is 3.22. The highest BCUT2D eigenvalue weighted by Crippen LogP contribution is 2.17. The molecule has 1 aliphatic heterocycles. The third kappa shape index (κ3) is 7.13. The van der Waals surface area contributed by atoms with E-state index in [0.29, 0.717) is 12.0 Å². The van der Waals surface area contributed by atoms with E-state index in [1.807, 2.05) is 0 Å². The quantitative estimate of drug-likeness (QED) is 0.409. The molecule has 4 heteroatoms. The van der Waals surface area contributed by atoms with Crippen molar-refractivity contribution in [1.29, 1.82) is 0 Å². The number of nitrogens with one attached hydrogen (secondary N) is 1. The Balaban J connectivity index is 2.17. The molecular weight excluding hydrogens is 248 g/mol. The van der Waals surface area contributed by atoms with Gasteiger partial charge in [-0.25, -0.2) is 0 Å². The molecule has 2 atom stereocenters. The van der Waals surface area contributed by atoms with Gasteiger partial charge in [-0.05, 0) is 38.6 Å². The van der Waals surface area contributed by atoms with Gasteiger partial charge in [0, 0.05) is 19.1 Å². The van der Waals surface area contributed by atoms with Gasteiger partial charge < -0.3 is 11.1 Å². The van der Waals surface area contributed by atoms with Crippen molar-refractivity contribution in [3.05, 3.63) is 0 Å². The zero-order valence-electron chi connectivity index (χ0n) is 13.7. The second-order valence-corrected chi connectivity index (χ2v) is 6.30. The van der Waals surface area contributed by atoms with Crippen molar-refractivity contribution in [2.24, 2.45) is 16.6 Å². The van der Waals surface area contributed by atoms with Crippen molar-refractivity contribution in [2.75, 3.05) is 26.2 Å². The Morgan fingerprint density at radius 3 is 2.90 bits per heavy atom. The molecule has 0 aromatic rings. The number of nitrogens with two attached hydrogens (primary N) is 1. The van der Waals surface area contributed by atoms with E-state index >= 15 is 0 Å². The molecular formula is C16H34N4. The summed E-state index contributed by atoms with van der Waals surface area (Å²) >= 11 is 0.